The van der Waals surface area contributed by atoms with Gasteiger partial charge in [-0.2, -0.15) is 0 Å². The van der Waals surface area contributed by atoms with E-state index in [0.29, 0.717) is 0 Å². The van der Waals surface area contributed by atoms with Gasteiger partial charge in [0.15, 0.2) is 7.85 Å². The molecule has 1 aliphatic rings. The van der Waals surface area contributed by atoms with E-state index < -0.39 is 0 Å². The number of furan rings is 2. The lowest BCUT2D eigenvalue weighted by Gasteiger charge is -2.10. The Morgan fingerprint density at radius 1 is 0.771 bits per heavy atom. The second kappa shape index (κ2) is 9.38. The molecule has 3 aromatic carbocycles. The molecule has 0 atom stereocenters. The third-order valence-electron chi connectivity index (χ3n) is 6.84. The first-order valence-corrected chi connectivity index (χ1v) is 12.5. The van der Waals surface area contributed by atoms with Crippen molar-refractivity contribution in [3.8, 4) is 11.1 Å². The third kappa shape index (κ3) is 4.21. The molecule has 4 heteroatoms. The number of aryl methyl sites for hydroxylation is 2. The number of nitrogens with one attached hydrogen (secondary N) is 1. The van der Waals surface area contributed by atoms with Crippen LogP contribution in [0.25, 0.3) is 34.2 Å². The fourth-order valence-corrected chi connectivity index (χ4v) is 5.21. The standard InChI is InChI=1S/C31H28BNO2/c32-31-29(24-16-6-8-18-26(24)35-31)23-15-5-4-11-21(23)12-10-20-28-30(33-22-13-2-1-3-14-22)25-17-7-9-19-27(25)34-28/h1-5,7,9,11,13-19,33H,6,8,10,12,20,32H2. The van der Waals surface area contributed by atoms with Crippen molar-refractivity contribution in [3.05, 3.63) is 101 Å². The maximum atomic E-state index is 6.32. The van der Waals surface area contributed by atoms with Crippen LogP contribution in [0.5, 0.6) is 0 Å². The molecule has 1 aliphatic carbocycles. The number of anilines is 2. The van der Waals surface area contributed by atoms with E-state index in [1.165, 1.54) is 21.9 Å². The SMILES string of the molecule is Bc1oc2c(c1-c1ccccc1CCCc1oc3ccccc3c1Nc1ccccc1)=CCCC=2. The van der Waals surface area contributed by atoms with E-state index in [2.05, 4.69) is 73.8 Å². The summed E-state index contributed by atoms with van der Waals surface area (Å²) in [6, 6.07) is 27.3. The van der Waals surface area contributed by atoms with Crippen LogP contribution in [0.3, 0.4) is 0 Å². The maximum absolute atomic E-state index is 6.32. The number of benzene rings is 3. The summed E-state index contributed by atoms with van der Waals surface area (Å²) in [5.74, 6) is 1.01. The number of fused-ring (bicyclic) bond motifs is 2. The molecule has 0 fully saturated rings. The molecule has 172 valence electrons. The van der Waals surface area contributed by atoms with Gasteiger partial charge in [-0.3, -0.25) is 0 Å². The smallest absolute Gasteiger partial charge is 0.187 e. The van der Waals surface area contributed by atoms with Gasteiger partial charge in [-0.1, -0.05) is 60.7 Å². The van der Waals surface area contributed by atoms with Crippen LogP contribution in [0.2, 0.25) is 0 Å². The van der Waals surface area contributed by atoms with E-state index in [1.807, 2.05) is 30.3 Å². The molecule has 1 N–H and O–H groups in total. The van der Waals surface area contributed by atoms with Crippen LogP contribution in [-0.4, -0.2) is 7.85 Å². The van der Waals surface area contributed by atoms with E-state index in [1.54, 1.807) is 0 Å². The normalized spacial score (nSPS) is 12.7. The highest BCUT2D eigenvalue weighted by molar-refractivity contribution is 6.33. The van der Waals surface area contributed by atoms with Gasteiger partial charge >= 0.3 is 0 Å². The molecular weight excluding hydrogens is 429 g/mol. The Bertz CT molecular complexity index is 1610. The van der Waals surface area contributed by atoms with Crippen molar-refractivity contribution in [2.75, 3.05) is 5.32 Å². The Labute approximate surface area is 206 Å². The molecule has 5 aromatic rings. The predicted molar refractivity (Wildman–Crippen MR) is 148 cm³/mol. The Morgan fingerprint density at radius 2 is 1.54 bits per heavy atom. The third-order valence-corrected chi connectivity index (χ3v) is 6.84. The second-order valence-electron chi connectivity index (χ2n) is 9.19. The molecule has 0 saturated heterocycles. The lowest BCUT2D eigenvalue weighted by Crippen LogP contribution is -2.24. The second-order valence-corrected chi connectivity index (χ2v) is 9.19. The van der Waals surface area contributed by atoms with Gasteiger partial charge in [-0.25, -0.2) is 0 Å². The van der Waals surface area contributed by atoms with E-state index in [0.717, 1.165) is 71.3 Å². The molecule has 0 aliphatic heterocycles. The summed E-state index contributed by atoms with van der Waals surface area (Å²) in [7, 11) is 2.09. The molecule has 2 aromatic heterocycles. The van der Waals surface area contributed by atoms with Crippen molar-refractivity contribution in [2.45, 2.75) is 32.1 Å². The molecule has 0 radical (unpaired) electrons. The first-order chi connectivity index (χ1) is 17.3. The Balaban J connectivity index is 1.28. The van der Waals surface area contributed by atoms with Crippen LogP contribution in [0.1, 0.15) is 30.6 Å². The number of hydrogen-bond donors (Lipinski definition) is 1. The Kier molecular flexibility index (Phi) is 5.79. The first-order valence-electron chi connectivity index (χ1n) is 12.5. The topological polar surface area (TPSA) is 38.3 Å². The van der Waals surface area contributed by atoms with Crippen LogP contribution in [0.15, 0.2) is 87.7 Å². The van der Waals surface area contributed by atoms with Gasteiger partial charge in [0.25, 0.3) is 0 Å². The van der Waals surface area contributed by atoms with E-state index >= 15 is 0 Å². The van der Waals surface area contributed by atoms with E-state index in [9.17, 15) is 0 Å². The Hall–Kier alpha value is -3.92. The Morgan fingerprint density at radius 3 is 2.46 bits per heavy atom. The number of para-hydroxylation sites is 2. The predicted octanol–water partition coefficient (Wildman–Crippen LogP) is 5.22. The monoisotopic (exact) mass is 457 g/mol. The minimum absolute atomic E-state index is 0.862. The summed E-state index contributed by atoms with van der Waals surface area (Å²) < 4.78 is 12.4. The molecule has 0 saturated carbocycles. The molecule has 0 spiro atoms. The quantitative estimate of drug-likeness (QED) is 0.341. The summed E-state index contributed by atoms with van der Waals surface area (Å²) >= 11 is 0. The molecule has 0 amide bonds. The highest BCUT2D eigenvalue weighted by atomic mass is 16.3. The van der Waals surface area contributed by atoms with Crippen LogP contribution in [0.4, 0.5) is 11.4 Å². The summed E-state index contributed by atoms with van der Waals surface area (Å²) in [5, 5.41) is 5.99. The van der Waals surface area contributed by atoms with Crippen LogP contribution in [0, 0.1) is 0 Å². The van der Waals surface area contributed by atoms with Crippen molar-refractivity contribution in [1.29, 1.82) is 0 Å². The largest absolute Gasteiger partial charge is 0.472 e. The van der Waals surface area contributed by atoms with Crippen molar-refractivity contribution < 1.29 is 8.83 Å². The fourth-order valence-electron chi connectivity index (χ4n) is 5.21. The molecule has 3 nitrogen and oxygen atoms in total. The van der Waals surface area contributed by atoms with Gasteiger partial charge in [-0.05, 0) is 67.2 Å². The van der Waals surface area contributed by atoms with Crippen molar-refractivity contribution in [2.24, 2.45) is 0 Å². The minimum atomic E-state index is 0.862. The van der Waals surface area contributed by atoms with Gasteiger partial charge in [0, 0.05) is 28.3 Å². The van der Waals surface area contributed by atoms with Crippen molar-refractivity contribution in [1.82, 2.24) is 0 Å². The molecular formula is C31H28BNO2. The average Bonchev–Trinajstić information content (AvgIpc) is 3.41. The van der Waals surface area contributed by atoms with Gasteiger partial charge in [0.05, 0.1) is 11.3 Å². The summed E-state index contributed by atoms with van der Waals surface area (Å²) in [6.07, 6.45) is 9.50. The summed E-state index contributed by atoms with van der Waals surface area (Å²) in [4.78, 5) is 0. The molecule has 6 rings (SSSR count). The van der Waals surface area contributed by atoms with Gasteiger partial charge < -0.3 is 14.2 Å². The first kappa shape index (κ1) is 21.6. The van der Waals surface area contributed by atoms with Crippen LogP contribution >= 0.6 is 0 Å². The number of rotatable bonds is 7. The molecule has 35 heavy (non-hydrogen) atoms. The highest BCUT2D eigenvalue weighted by Gasteiger charge is 2.17. The van der Waals surface area contributed by atoms with Crippen molar-refractivity contribution >= 4 is 48.0 Å². The zero-order chi connectivity index (χ0) is 23.6. The molecule has 2 heterocycles. The van der Waals surface area contributed by atoms with E-state index in [-0.39, 0.29) is 0 Å². The van der Waals surface area contributed by atoms with Gasteiger partial charge in [-0.15, -0.1) is 0 Å². The zero-order valence-electron chi connectivity index (χ0n) is 20.0. The summed E-state index contributed by atoms with van der Waals surface area (Å²) in [6.45, 7) is 0. The molecule has 0 unspecified atom stereocenters. The fraction of sp³-hybridized carbons (Fsp3) is 0.161. The summed E-state index contributed by atoms with van der Waals surface area (Å²) in [5.41, 5.74) is 8.99. The minimum Gasteiger partial charge on any atom is -0.472 e. The van der Waals surface area contributed by atoms with Crippen LogP contribution in [-0.2, 0) is 12.8 Å². The molecule has 0 bridgehead atoms. The zero-order valence-corrected chi connectivity index (χ0v) is 20.0. The number of hydrogen-bond acceptors (Lipinski definition) is 3. The highest BCUT2D eigenvalue weighted by Crippen LogP contribution is 2.34. The average molecular weight is 457 g/mol. The lowest BCUT2D eigenvalue weighted by molar-refractivity contribution is 0.540. The van der Waals surface area contributed by atoms with Gasteiger partial charge in [0.1, 0.15) is 16.8 Å². The van der Waals surface area contributed by atoms with E-state index in [4.69, 9.17) is 8.83 Å². The lowest BCUT2D eigenvalue weighted by atomic mass is 9.89. The van der Waals surface area contributed by atoms with Gasteiger partial charge in [0.2, 0.25) is 0 Å². The maximum Gasteiger partial charge on any atom is 0.187 e. The van der Waals surface area contributed by atoms with Crippen LogP contribution < -0.4 is 21.6 Å². The van der Waals surface area contributed by atoms with Crippen molar-refractivity contribution in [3.63, 3.8) is 0 Å².